The lowest BCUT2D eigenvalue weighted by atomic mass is 9.88. The molecule has 0 aliphatic carbocycles. The molecule has 108 valence electrons. The van der Waals surface area contributed by atoms with Crippen LogP contribution in [0.3, 0.4) is 0 Å². The van der Waals surface area contributed by atoms with Crippen LogP contribution in [0.1, 0.15) is 39.5 Å². The normalized spacial score (nSPS) is 27.3. The maximum Gasteiger partial charge on any atom is 0.0578 e. The Balaban J connectivity index is 2.45. The van der Waals surface area contributed by atoms with Gasteiger partial charge >= 0.3 is 0 Å². The van der Waals surface area contributed by atoms with Crippen molar-refractivity contribution in [3.63, 3.8) is 0 Å². The molecule has 4 heteroatoms. The van der Waals surface area contributed by atoms with Gasteiger partial charge in [-0.2, -0.15) is 0 Å². The summed E-state index contributed by atoms with van der Waals surface area (Å²) < 4.78 is 0. The predicted molar refractivity (Wildman–Crippen MR) is 74.6 cm³/mol. The van der Waals surface area contributed by atoms with Crippen LogP contribution in [0.15, 0.2) is 0 Å². The third-order valence-electron chi connectivity index (χ3n) is 3.83. The van der Waals surface area contributed by atoms with Crippen molar-refractivity contribution in [2.75, 3.05) is 32.8 Å². The topological polar surface area (TPSA) is 55.7 Å². The number of nitrogens with one attached hydrogen (secondary N) is 1. The molecule has 0 amide bonds. The fourth-order valence-corrected chi connectivity index (χ4v) is 2.88. The van der Waals surface area contributed by atoms with Crippen molar-refractivity contribution in [1.82, 2.24) is 10.2 Å². The quantitative estimate of drug-likeness (QED) is 0.565. The third-order valence-corrected chi connectivity index (χ3v) is 3.83. The molecule has 18 heavy (non-hydrogen) atoms. The molecule has 3 unspecified atom stereocenters. The molecule has 0 saturated carbocycles. The average molecular weight is 258 g/mol. The second-order valence-corrected chi connectivity index (χ2v) is 5.46. The minimum Gasteiger partial charge on any atom is -0.396 e. The van der Waals surface area contributed by atoms with Gasteiger partial charge in [-0.15, -0.1) is 0 Å². The smallest absolute Gasteiger partial charge is 0.0578 e. The minimum absolute atomic E-state index is 0.174. The third kappa shape index (κ3) is 5.22. The molecule has 1 aliphatic rings. The van der Waals surface area contributed by atoms with Gasteiger partial charge in [0, 0.05) is 25.7 Å². The van der Waals surface area contributed by atoms with Crippen LogP contribution in [0, 0.1) is 5.92 Å². The summed E-state index contributed by atoms with van der Waals surface area (Å²) in [5.41, 5.74) is 0. The lowest BCUT2D eigenvalue weighted by Crippen LogP contribution is -2.52. The van der Waals surface area contributed by atoms with E-state index in [1.807, 2.05) is 0 Å². The molecule has 4 nitrogen and oxygen atoms in total. The van der Waals surface area contributed by atoms with Gasteiger partial charge in [-0.05, 0) is 44.7 Å². The first-order valence-electron chi connectivity index (χ1n) is 7.45. The zero-order valence-electron chi connectivity index (χ0n) is 11.9. The molecule has 1 saturated heterocycles. The highest BCUT2D eigenvalue weighted by atomic mass is 16.3. The molecule has 1 heterocycles. The number of aliphatic hydroxyl groups excluding tert-OH is 2. The summed E-state index contributed by atoms with van der Waals surface area (Å²) >= 11 is 0. The summed E-state index contributed by atoms with van der Waals surface area (Å²) in [5.74, 6) is 0.391. The molecule has 0 aromatic rings. The van der Waals surface area contributed by atoms with E-state index >= 15 is 0 Å². The Morgan fingerprint density at radius 3 is 2.72 bits per heavy atom. The Bertz CT molecular complexity index is 214. The number of piperidine rings is 1. The Morgan fingerprint density at radius 1 is 1.33 bits per heavy atom. The molecular weight excluding hydrogens is 228 g/mol. The molecule has 1 fully saturated rings. The van der Waals surface area contributed by atoms with Crippen LogP contribution in [0.25, 0.3) is 0 Å². The highest BCUT2D eigenvalue weighted by Gasteiger charge is 2.30. The van der Waals surface area contributed by atoms with E-state index in [2.05, 4.69) is 24.1 Å². The molecule has 0 bridgehead atoms. The van der Waals surface area contributed by atoms with Crippen molar-refractivity contribution in [3.05, 3.63) is 0 Å². The van der Waals surface area contributed by atoms with E-state index in [1.165, 1.54) is 0 Å². The summed E-state index contributed by atoms with van der Waals surface area (Å²) in [6, 6.07) is 0.461. The maximum absolute atomic E-state index is 10.1. The van der Waals surface area contributed by atoms with Crippen LogP contribution in [0.5, 0.6) is 0 Å². The van der Waals surface area contributed by atoms with Crippen LogP contribution >= 0.6 is 0 Å². The number of hydrogen-bond donors (Lipinski definition) is 3. The van der Waals surface area contributed by atoms with E-state index in [4.69, 9.17) is 5.11 Å². The van der Waals surface area contributed by atoms with Crippen molar-refractivity contribution in [2.45, 2.75) is 51.7 Å². The van der Waals surface area contributed by atoms with Gasteiger partial charge in [0.2, 0.25) is 0 Å². The van der Waals surface area contributed by atoms with Crippen LogP contribution in [0.2, 0.25) is 0 Å². The summed E-state index contributed by atoms with van der Waals surface area (Å²) in [6.07, 6.45) is 3.70. The van der Waals surface area contributed by atoms with E-state index in [9.17, 15) is 5.11 Å². The second kappa shape index (κ2) is 8.86. The highest BCUT2D eigenvalue weighted by Crippen LogP contribution is 2.22. The fraction of sp³-hybridized carbons (Fsp3) is 1.00. The first-order chi connectivity index (χ1) is 8.71. The van der Waals surface area contributed by atoms with Gasteiger partial charge in [-0.3, -0.25) is 0 Å². The zero-order chi connectivity index (χ0) is 13.4. The molecule has 0 aromatic carbocycles. The molecule has 3 atom stereocenters. The van der Waals surface area contributed by atoms with Gasteiger partial charge in [0.25, 0.3) is 0 Å². The SMILES string of the molecule is CCCN1CC(NCCCO)CC(C(O)CC)C1. The Labute approximate surface area is 111 Å². The second-order valence-electron chi connectivity index (χ2n) is 5.46. The number of nitrogens with zero attached hydrogens (tertiary/aromatic N) is 1. The van der Waals surface area contributed by atoms with Crippen molar-refractivity contribution in [3.8, 4) is 0 Å². The predicted octanol–water partition coefficient (Wildman–Crippen LogP) is 0.830. The summed E-state index contributed by atoms with van der Waals surface area (Å²) in [6.45, 7) is 8.60. The minimum atomic E-state index is -0.174. The summed E-state index contributed by atoms with van der Waals surface area (Å²) in [5, 5.41) is 22.4. The molecule has 3 N–H and O–H groups in total. The van der Waals surface area contributed by atoms with Crippen molar-refractivity contribution in [2.24, 2.45) is 5.92 Å². The van der Waals surface area contributed by atoms with E-state index in [1.54, 1.807) is 0 Å². The van der Waals surface area contributed by atoms with Crippen LogP contribution in [0.4, 0.5) is 0 Å². The molecule has 0 spiro atoms. The Hall–Kier alpha value is -0.160. The molecule has 0 aromatic heterocycles. The van der Waals surface area contributed by atoms with E-state index in [0.29, 0.717) is 12.0 Å². The number of likely N-dealkylation sites (tertiary alicyclic amines) is 1. The van der Waals surface area contributed by atoms with Crippen molar-refractivity contribution in [1.29, 1.82) is 0 Å². The van der Waals surface area contributed by atoms with E-state index in [-0.39, 0.29) is 12.7 Å². The Kier molecular flexibility index (Phi) is 7.82. The largest absolute Gasteiger partial charge is 0.396 e. The molecule has 1 aliphatic heterocycles. The van der Waals surface area contributed by atoms with Gasteiger partial charge in [0.1, 0.15) is 0 Å². The Morgan fingerprint density at radius 2 is 2.11 bits per heavy atom. The number of aliphatic hydroxyl groups is 2. The zero-order valence-corrected chi connectivity index (χ0v) is 11.9. The number of hydrogen-bond acceptors (Lipinski definition) is 4. The fourth-order valence-electron chi connectivity index (χ4n) is 2.88. The summed E-state index contributed by atoms with van der Waals surface area (Å²) in [4.78, 5) is 2.46. The van der Waals surface area contributed by atoms with Gasteiger partial charge in [0.15, 0.2) is 0 Å². The van der Waals surface area contributed by atoms with E-state index in [0.717, 1.165) is 51.9 Å². The summed E-state index contributed by atoms with van der Waals surface area (Å²) in [7, 11) is 0. The van der Waals surface area contributed by atoms with Crippen LogP contribution in [-0.2, 0) is 0 Å². The van der Waals surface area contributed by atoms with Gasteiger partial charge in [0.05, 0.1) is 6.10 Å². The average Bonchev–Trinajstić information content (AvgIpc) is 2.38. The van der Waals surface area contributed by atoms with E-state index < -0.39 is 0 Å². The van der Waals surface area contributed by atoms with Gasteiger partial charge in [-0.25, -0.2) is 0 Å². The maximum atomic E-state index is 10.1. The lowest BCUT2D eigenvalue weighted by molar-refractivity contribution is 0.0355. The molecule has 0 radical (unpaired) electrons. The monoisotopic (exact) mass is 258 g/mol. The first-order valence-corrected chi connectivity index (χ1v) is 7.45. The highest BCUT2D eigenvalue weighted by molar-refractivity contribution is 4.86. The van der Waals surface area contributed by atoms with Crippen LogP contribution < -0.4 is 5.32 Å². The lowest BCUT2D eigenvalue weighted by Gasteiger charge is -2.40. The van der Waals surface area contributed by atoms with Crippen LogP contribution in [-0.4, -0.2) is 60.0 Å². The number of rotatable bonds is 8. The standard InChI is InChI=1S/C14H30N2O2/c1-3-7-16-10-12(14(18)4-2)9-13(11-16)15-6-5-8-17/h12-15,17-18H,3-11H2,1-2H3. The van der Waals surface area contributed by atoms with Gasteiger partial charge in [-0.1, -0.05) is 13.8 Å². The van der Waals surface area contributed by atoms with Gasteiger partial charge < -0.3 is 20.4 Å². The molecular formula is C14H30N2O2. The first kappa shape index (κ1) is 15.9. The van der Waals surface area contributed by atoms with Crippen molar-refractivity contribution >= 4 is 0 Å². The molecule has 1 rings (SSSR count). The van der Waals surface area contributed by atoms with Crippen molar-refractivity contribution < 1.29 is 10.2 Å².